The summed E-state index contributed by atoms with van der Waals surface area (Å²) in [5.74, 6) is 0.421. The monoisotopic (exact) mass is 300 g/mol. The average molecular weight is 300 g/mol. The van der Waals surface area contributed by atoms with Gasteiger partial charge in [-0.05, 0) is 28.8 Å². The summed E-state index contributed by atoms with van der Waals surface area (Å²) in [6.07, 6.45) is 1.41. The number of hydrogen-bond acceptors (Lipinski definition) is 5. The second-order valence-corrected chi connectivity index (χ2v) is 6.81. The minimum atomic E-state index is -0.427. The second kappa shape index (κ2) is 4.74. The lowest BCUT2D eigenvalue weighted by Crippen LogP contribution is -2.36. The molecule has 2 heterocycles. The maximum Gasteiger partial charge on any atom is 0.205 e. The van der Waals surface area contributed by atoms with Gasteiger partial charge in [-0.1, -0.05) is 13.8 Å². The number of rotatable bonds is 1. The Labute approximate surface area is 127 Å². The van der Waals surface area contributed by atoms with Crippen molar-refractivity contribution in [2.24, 2.45) is 11.1 Å². The highest BCUT2D eigenvalue weighted by molar-refractivity contribution is 7.08. The summed E-state index contributed by atoms with van der Waals surface area (Å²) < 4.78 is 5.58. The zero-order chi connectivity index (χ0) is 15.2. The van der Waals surface area contributed by atoms with Gasteiger partial charge in [-0.15, -0.1) is 0 Å². The minimum Gasteiger partial charge on any atom is -0.444 e. The second-order valence-electron chi connectivity index (χ2n) is 6.03. The van der Waals surface area contributed by atoms with E-state index in [1.54, 1.807) is 0 Å². The summed E-state index contributed by atoms with van der Waals surface area (Å²) in [5.41, 5.74) is 7.34. The van der Waals surface area contributed by atoms with E-state index in [4.69, 9.17) is 10.5 Å². The molecule has 0 bridgehead atoms. The predicted molar refractivity (Wildman–Crippen MR) is 80.0 cm³/mol. The van der Waals surface area contributed by atoms with Crippen molar-refractivity contribution in [2.75, 3.05) is 0 Å². The lowest BCUT2D eigenvalue weighted by Gasteiger charge is -2.37. The minimum absolute atomic E-state index is 0.0557. The fourth-order valence-electron chi connectivity index (χ4n) is 2.93. The van der Waals surface area contributed by atoms with Gasteiger partial charge in [0.1, 0.15) is 17.4 Å². The van der Waals surface area contributed by atoms with E-state index in [2.05, 4.69) is 6.07 Å². The third-order valence-corrected chi connectivity index (χ3v) is 4.91. The van der Waals surface area contributed by atoms with E-state index in [1.165, 1.54) is 11.3 Å². The topological polar surface area (TPSA) is 76.1 Å². The molecule has 1 atom stereocenters. The van der Waals surface area contributed by atoms with Crippen LogP contribution < -0.4 is 5.73 Å². The summed E-state index contributed by atoms with van der Waals surface area (Å²) in [6, 6.07) is 4.06. The van der Waals surface area contributed by atoms with Gasteiger partial charge in [0.15, 0.2) is 5.78 Å². The summed E-state index contributed by atoms with van der Waals surface area (Å²) >= 11 is 1.54. The first-order chi connectivity index (χ1) is 9.95. The van der Waals surface area contributed by atoms with Crippen LogP contribution in [-0.4, -0.2) is 5.78 Å². The summed E-state index contributed by atoms with van der Waals surface area (Å²) in [5, 5.41) is 13.3. The van der Waals surface area contributed by atoms with Crippen LogP contribution >= 0.6 is 11.3 Å². The molecule has 21 heavy (non-hydrogen) atoms. The molecule has 5 heteroatoms. The van der Waals surface area contributed by atoms with Crippen LogP contribution in [0.25, 0.3) is 0 Å². The van der Waals surface area contributed by atoms with Crippen LogP contribution in [-0.2, 0) is 9.53 Å². The molecule has 0 amide bonds. The molecule has 108 valence electrons. The largest absolute Gasteiger partial charge is 0.444 e. The smallest absolute Gasteiger partial charge is 0.205 e. The first-order valence-corrected chi connectivity index (χ1v) is 7.77. The van der Waals surface area contributed by atoms with Crippen LogP contribution in [0.3, 0.4) is 0 Å². The number of nitrogens with zero attached hydrogens (tertiary/aromatic N) is 1. The van der Waals surface area contributed by atoms with E-state index in [1.807, 2.05) is 30.7 Å². The van der Waals surface area contributed by atoms with Crippen LogP contribution in [0, 0.1) is 16.7 Å². The van der Waals surface area contributed by atoms with Gasteiger partial charge in [-0.3, -0.25) is 4.79 Å². The Bertz CT molecular complexity index is 705. The molecule has 0 spiro atoms. The molecule has 2 N–H and O–H groups in total. The van der Waals surface area contributed by atoms with Crippen molar-refractivity contribution < 1.29 is 9.53 Å². The van der Waals surface area contributed by atoms with Crippen molar-refractivity contribution in [2.45, 2.75) is 32.6 Å². The van der Waals surface area contributed by atoms with Gasteiger partial charge in [0.2, 0.25) is 5.88 Å². The fraction of sp³-hybridized carbons (Fsp3) is 0.375. The molecule has 1 unspecified atom stereocenters. The molecular weight excluding hydrogens is 284 g/mol. The predicted octanol–water partition coefficient (Wildman–Crippen LogP) is 3.20. The number of Topliss-reactive ketones (excluding diaryl/α,β-unsaturated/α-hetero) is 1. The number of thiophene rings is 1. The molecule has 1 aliphatic carbocycles. The summed E-state index contributed by atoms with van der Waals surface area (Å²) in [7, 11) is 0. The van der Waals surface area contributed by atoms with Gasteiger partial charge in [-0.25, -0.2) is 0 Å². The van der Waals surface area contributed by atoms with Gasteiger partial charge in [0, 0.05) is 17.4 Å². The number of carbonyl (C=O) groups is 1. The first-order valence-electron chi connectivity index (χ1n) is 6.83. The summed E-state index contributed by atoms with van der Waals surface area (Å²) in [4.78, 5) is 12.8. The standard InChI is InChI=1S/C16H16N2O2S/c1-16(2)5-3-11-13(14(16)19)12(9-4-6-21-8-9)10(7-17)15(18)20-11/h4,6,8,12H,3,5,18H2,1-2H3. The molecule has 1 aromatic heterocycles. The highest BCUT2D eigenvalue weighted by Gasteiger charge is 2.44. The van der Waals surface area contributed by atoms with Gasteiger partial charge in [0.05, 0.1) is 5.92 Å². The molecular formula is C16H16N2O2S. The van der Waals surface area contributed by atoms with Crippen LogP contribution in [0.4, 0.5) is 0 Å². The van der Waals surface area contributed by atoms with E-state index >= 15 is 0 Å². The average Bonchev–Trinajstić information content (AvgIpc) is 2.96. The number of nitriles is 1. The molecule has 1 aromatic rings. The van der Waals surface area contributed by atoms with Crippen molar-refractivity contribution in [1.82, 2.24) is 0 Å². The SMILES string of the molecule is CC1(C)CCC2=C(C1=O)C(c1ccsc1)C(C#N)=C(N)O2. The number of allylic oxidation sites excluding steroid dienone is 3. The highest BCUT2D eigenvalue weighted by Crippen LogP contribution is 2.47. The zero-order valence-corrected chi connectivity index (χ0v) is 12.8. The molecule has 3 rings (SSSR count). The van der Waals surface area contributed by atoms with Crippen molar-refractivity contribution in [3.63, 3.8) is 0 Å². The Morgan fingerprint density at radius 1 is 1.52 bits per heavy atom. The molecule has 0 saturated heterocycles. The Balaban J connectivity index is 2.19. The molecule has 2 aliphatic rings. The molecule has 0 radical (unpaired) electrons. The molecule has 0 fully saturated rings. The van der Waals surface area contributed by atoms with Crippen LogP contribution in [0.2, 0.25) is 0 Å². The third-order valence-electron chi connectivity index (χ3n) is 4.21. The molecule has 4 nitrogen and oxygen atoms in total. The van der Waals surface area contributed by atoms with Gasteiger partial charge >= 0.3 is 0 Å². The van der Waals surface area contributed by atoms with Gasteiger partial charge in [-0.2, -0.15) is 16.6 Å². The first kappa shape index (κ1) is 13.9. The van der Waals surface area contributed by atoms with Crippen LogP contribution in [0.1, 0.15) is 38.2 Å². The van der Waals surface area contributed by atoms with Crippen LogP contribution in [0.15, 0.2) is 39.6 Å². The Morgan fingerprint density at radius 2 is 2.29 bits per heavy atom. The van der Waals surface area contributed by atoms with E-state index in [9.17, 15) is 10.1 Å². The fourth-order valence-corrected chi connectivity index (χ4v) is 3.62. The van der Waals surface area contributed by atoms with E-state index in [-0.39, 0.29) is 11.7 Å². The maximum absolute atomic E-state index is 12.8. The molecule has 1 aliphatic heterocycles. The van der Waals surface area contributed by atoms with Crippen molar-refractivity contribution in [3.05, 3.63) is 45.2 Å². The van der Waals surface area contributed by atoms with Crippen molar-refractivity contribution >= 4 is 17.1 Å². The lowest BCUT2D eigenvalue weighted by molar-refractivity contribution is -0.125. The number of nitrogens with two attached hydrogens (primary N) is 1. The number of hydrogen-bond donors (Lipinski definition) is 1. The van der Waals surface area contributed by atoms with E-state index < -0.39 is 11.3 Å². The number of ketones is 1. The van der Waals surface area contributed by atoms with E-state index in [0.717, 1.165) is 12.0 Å². The Kier molecular flexibility index (Phi) is 3.14. The van der Waals surface area contributed by atoms with Gasteiger partial charge in [0.25, 0.3) is 0 Å². The highest BCUT2D eigenvalue weighted by atomic mass is 32.1. The zero-order valence-electron chi connectivity index (χ0n) is 12.0. The number of ether oxygens (including phenoxy) is 1. The van der Waals surface area contributed by atoms with Gasteiger partial charge < -0.3 is 10.5 Å². The Morgan fingerprint density at radius 3 is 2.90 bits per heavy atom. The lowest BCUT2D eigenvalue weighted by atomic mass is 9.69. The quantitative estimate of drug-likeness (QED) is 0.864. The number of carbonyl (C=O) groups excluding carboxylic acids is 1. The normalized spacial score (nSPS) is 24.4. The van der Waals surface area contributed by atoms with Crippen molar-refractivity contribution in [1.29, 1.82) is 5.26 Å². The van der Waals surface area contributed by atoms with Crippen LogP contribution in [0.5, 0.6) is 0 Å². The van der Waals surface area contributed by atoms with E-state index in [0.29, 0.717) is 23.3 Å². The Hall–Kier alpha value is -2.06. The third kappa shape index (κ3) is 2.07. The van der Waals surface area contributed by atoms with Crippen molar-refractivity contribution in [3.8, 4) is 6.07 Å². The summed E-state index contributed by atoms with van der Waals surface area (Å²) in [6.45, 7) is 3.88. The maximum atomic E-state index is 12.8. The molecule has 0 aromatic carbocycles. The molecule has 0 saturated carbocycles.